The van der Waals surface area contributed by atoms with E-state index in [1.165, 1.54) is 29.7 Å². The molecule has 9 heteroatoms. The van der Waals surface area contributed by atoms with Gasteiger partial charge in [0.15, 0.2) is 0 Å². The summed E-state index contributed by atoms with van der Waals surface area (Å²) in [5, 5.41) is 24.8. The molecule has 3 rings (SSSR count). The fourth-order valence-electron chi connectivity index (χ4n) is 2.18. The van der Waals surface area contributed by atoms with Gasteiger partial charge in [-0.3, -0.25) is 10.1 Å². The Labute approximate surface area is 156 Å². The summed E-state index contributed by atoms with van der Waals surface area (Å²) in [6, 6.07) is 10.8. The van der Waals surface area contributed by atoms with Crippen molar-refractivity contribution in [3.05, 3.63) is 80.8 Å². The zero-order valence-electron chi connectivity index (χ0n) is 13.5. The van der Waals surface area contributed by atoms with Crippen LogP contribution in [0.2, 0.25) is 0 Å². The molecule has 134 valence electrons. The Morgan fingerprint density at radius 2 is 2.00 bits per heavy atom. The lowest BCUT2D eigenvalue weighted by Gasteiger charge is -2.03. The molecule has 0 aliphatic carbocycles. The van der Waals surface area contributed by atoms with Crippen molar-refractivity contribution in [1.29, 1.82) is 5.26 Å². The number of hydrogen-bond donors (Lipinski definition) is 1. The first-order chi connectivity index (χ1) is 13.0. The SMILES string of the molecule is N#C/C(=C\Nc1cc([N+](=O)[O-])ccc1F)c1nc(-c2ccc(F)cc2)cs1. The second kappa shape index (κ2) is 7.72. The van der Waals surface area contributed by atoms with Crippen molar-refractivity contribution in [2.45, 2.75) is 0 Å². The van der Waals surface area contributed by atoms with Gasteiger partial charge in [0.1, 0.15) is 28.3 Å². The highest BCUT2D eigenvalue weighted by Gasteiger charge is 2.12. The van der Waals surface area contributed by atoms with Crippen molar-refractivity contribution in [2.24, 2.45) is 0 Å². The van der Waals surface area contributed by atoms with Crippen LogP contribution in [0.4, 0.5) is 20.2 Å². The summed E-state index contributed by atoms with van der Waals surface area (Å²) in [5.74, 6) is -1.06. The Balaban J connectivity index is 1.86. The third-order valence-corrected chi connectivity index (χ3v) is 4.40. The molecule has 1 aromatic heterocycles. The third-order valence-electron chi connectivity index (χ3n) is 3.53. The fourth-order valence-corrected chi connectivity index (χ4v) is 2.97. The van der Waals surface area contributed by atoms with E-state index in [2.05, 4.69) is 10.3 Å². The highest BCUT2D eigenvalue weighted by atomic mass is 32.1. The Morgan fingerprint density at radius 1 is 1.26 bits per heavy atom. The predicted molar refractivity (Wildman–Crippen MR) is 97.8 cm³/mol. The van der Waals surface area contributed by atoms with Crippen LogP contribution in [-0.2, 0) is 0 Å². The van der Waals surface area contributed by atoms with Crippen LogP contribution in [0.3, 0.4) is 0 Å². The molecular weight excluding hydrogens is 374 g/mol. The number of nitro benzene ring substituents is 1. The average molecular weight is 384 g/mol. The van der Waals surface area contributed by atoms with Crippen molar-refractivity contribution >= 4 is 28.3 Å². The second-order valence-corrected chi connectivity index (χ2v) is 6.14. The number of halogens is 2. The molecule has 0 spiro atoms. The maximum Gasteiger partial charge on any atom is 0.271 e. The molecule has 2 aromatic carbocycles. The molecule has 0 aliphatic rings. The summed E-state index contributed by atoms with van der Waals surface area (Å²) >= 11 is 1.19. The van der Waals surface area contributed by atoms with Gasteiger partial charge in [-0.1, -0.05) is 0 Å². The summed E-state index contributed by atoms with van der Waals surface area (Å²) in [5.41, 5.74) is 0.969. The lowest BCUT2D eigenvalue weighted by molar-refractivity contribution is -0.384. The minimum absolute atomic E-state index is 0.124. The molecule has 0 aliphatic heterocycles. The van der Waals surface area contributed by atoms with Crippen LogP contribution in [-0.4, -0.2) is 9.91 Å². The van der Waals surface area contributed by atoms with E-state index in [-0.39, 0.29) is 22.8 Å². The second-order valence-electron chi connectivity index (χ2n) is 5.28. The van der Waals surface area contributed by atoms with E-state index < -0.39 is 10.7 Å². The third kappa shape index (κ3) is 4.13. The first kappa shape index (κ1) is 18.2. The molecule has 0 saturated heterocycles. The molecule has 0 radical (unpaired) electrons. The standard InChI is InChI=1S/C18H10F2N4O2S/c19-13-3-1-11(2-4-13)17-10-27-18(23-17)12(8-21)9-22-16-7-14(24(25)26)5-6-15(16)20/h1-7,9-10,22H/b12-9+. The number of nitriles is 1. The van der Waals surface area contributed by atoms with Gasteiger partial charge in [-0.25, -0.2) is 13.8 Å². The van der Waals surface area contributed by atoms with Gasteiger partial charge >= 0.3 is 0 Å². The normalized spacial score (nSPS) is 11.1. The molecule has 6 nitrogen and oxygen atoms in total. The number of allylic oxidation sites excluding steroid dienone is 1. The lowest BCUT2D eigenvalue weighted by Crippen LogP contribution is -1.96. The number of anilines is 1. The van der Waals surface area contributed by atoms with Crippen molar-refractivity contribution < 1.29 is 13.7 Å². The zero-order chi connectivity index (χ0) is 19.4. The molecular formula is C18H10F2N4O2S. The van der Waals surface area contributed by atoms with Crippen LogP contribution in [0.25, 0.3) is 16.8 Å². The average Bonchev–Trinajstić information content (AvgIpc) is 3.14. The van der Waals surface area contributed by atoms with Gasteiger partial charge in [0.25, 0.3) is 5.69 Å². The summed E-state index contributed by atoms with van der Waals surface area (Å²) in [4.78, 5) is 14.5. The Bertz CT molecular complexity index is 1070. The van der Waals surface area contributed by atoms with Gasteiger partial charge < -0.3 is 5.32 Å². The monoisotopic (exact) mass is 384 g/mol. The maximum absolute atomic E-state index is 13.8. The van der Waals surface area contributed by atoms with Crippen LogP contribution in [0.15, 0.2) is 54.0 Å². The van der Waals surface area contributed by atoms with Crippen molar-refractivity contribution in [3.8, 4) is 17.3 Å². The van der Waals surface area contributed by atoms with Gasteiger partial charge in [-0.15, -0.1) is 11.3 Å². The molecule has 0 atom stereocenters. The van der Waals surface area contributed by atoms with Gasteiger partial charge in [0, 0.05) is 29.3 Å². The molecule has 1 heterocycles. The quantitative estimate of drug-likeness (QED) is 0.381. The maximum atomic E-state index is 13.8. The minimum atomic E-state index is -0.694. The van der Waals surface area contributed by atoms with Crippen molar-refractivity contribution in [3.63, 3.8) is 0 Å². The molecule has 27 heavy (non-hydrogen) atoms. The summed E-state index contributed by atoms with van der Waals surface area (Å²) in [6.45, 7) is 0. The Hall–Kier alpha value is -3.64. The number of non-ortho nitro benzene ring substituents is 1. The van der Waals surface area contributed by atoms with Crippen LogP contribution < -0.4 is 5.32 Å². The Morgan fingerprint density at radius 3 is 2.67 bits per heavy atom. The number of benzene rings is 2. The molecule has 0 unspecified atom stereocenters. The minimum Gasteiger partial charge on any atom is -0.358 e. The topological polar surface area (TPSA) is 91.8 Å². The Kier molecular flexibility index (Phi) is 5.19. The summed E-state index contributed by atoms with van der Waals surface area (Å²) in [6.07, 6.45) is 1.23. The van der Waals surface area contributed by atoms with Crippen LogP contribution >= 0.6 is 11.3 Å². The molecule has 0 bridgehead atoms. The summed E-state index contributed by atoms with van der Waals surface area (Å²) in [7, 11) is 0. The van der Waals surface area contributed by atoms with Crippen LogP contribution in [0.1, 0.15) is 5.01 Å². The van der Waals surface area contributed by atoms with Gasteiger partial charge in [0.05, 0.1) is 16.3 Å². The lowest BCUT2D eigenvalue weighted by atomic mass is 10.2. The number of hydrogen-bond acceptors (Lipinski definition) is 6. The number of nitro groups is 1. The molecule has 0 fully saturated rings. The molecule has 0 amide bonds. The van der Waals surface area contributed by atoms with Gasteiger partial charge in [-0.2, -0.15) is 5.26 Å². The predicted octanol–water partition coefficient (Wildman–Crippen LogP) is 4.97. The molecule has 0 saturated carbocycles. The number of rotatable bonds is 5. The van der Waals surface area contributed by atoms with Crippen LogP contribution in [0, 0.1) is 33.1 Å². The molecule has 1 N–H and O–H groups in total. The fraction of sp³-hybridized carbons (Fsp3) is 0. The van der Waals surface area contributed by atoms with E-state index in [1.807, 2.05) is 6.07 Å². The van der Waals surface area contributed by atoms with Crippen LogP contribution in [0.5, 0.6) is 0 Å². The summed E-state index contributed by atoms with van der Waals surface area (Å²) < 4.78 is 26.8. The van der Waals surface area contributed by atoms with Crippen molar-refractivity contribution in [1.82, 2.24) is 4.98 Å². The van der Waals surface area contributed by atoms with E-state index in [0.717, 1.165) is 18.2 Å². The van der Waals surface area contributed by atoms with Gasteiger partial charge in [-0.05, 0) is 30.3 Å². The van der Waals surface area contributed by atoms with Crippen molar-refractivity contribution in [2.75, 3.05) is 5.32 Å². The van der Waals surface area contributed by atoms with E-state index in [4.69, 9.17) is 0 Å². The van der Waals surface area contributed by atoms with E-state index in [1.54, 1.807) is 17.5 Å². The van der Waals surface area contributed by atoms with E-state index in [9.17, 15) is 24.2 Å². The first-order valence-electron chi connectivity index (χ1n) is 7.50. The number of nitrogens with one attached hydrogen (secondary N) is 1. The van der Waals surface area contributed by atoms with Gasteiger partial charge in [0.2, 0.25) is 0 Å². The molecule has 3 aromatic rings. The number of aromatic nitrogens is 1. The largest absolute Gasteiger partial charge is 0.358 e. The highest BCUT2D eigenvalue weighted by molar-refractivity contribution is 7.11. The smallest absolute Gasteiger partial charge is 0.271 e. The number of thiazole rings is 1. The number of nitrogens with zero attached hydrogens (tertiary/aromatic N) is 3. The zero-order valence-corrected chi connectivity index (χ0v) is 14.3. The first-order valence-corrected chi connectivity index (χ1v) is 8.38. The van der Waals surface area contributed by atoms with E-state index >= 15 is 0 Å². The highest BCUT2D eigenvalue weighted by Crippen LogP contribution is 2.27. The van der Waals surface area contributed by atoms with E-state index in [0.29, 0.717) is 16.3 Å².